The third-order valence-corrected chi connectivity index (χ3v) is 8.83. The molecule has 0 saturated heterocycles. The van der Waals surface area contributed by atoms with E-state index in [9.17, 15) is 16.8 Å². The summed E-state index contributed by atoms with van der Waals surface area (Å²) in [5.41, 5.74) is 2.54. The molecule has 0 unspecified atom stereocenters. The fourth-order valence-corrected chi connectivity index (χ4v) is 6.54. The van der Waals surface area contributed by atoms with E-state index in [0.717, 1.165) is 11.3 Å². The number of aromatic nitrogens is 1. The molecule has 0 aliphatic rings. The van der Waals surface area contributed by atoms with E-state index in [0.29, 0.717) is 17.5 Å². The Morgan fingerprint density at radius 2 is 1.47 bits per heavy atom. The molecular weight excluding hydrogens is 468 g/mol. The van der Waals surface area contributed by atoms with Crippen molar-refractivity contribution in [1.82, 2.24) is 9.71 Å². The second-order valence-corrected chi connectivity index (χ2v) is 11.4. The van der Waals surface area contributed by atoms with E-state index in [-0.39, 0.29) is 21.2 Å². The van der Waals surface area contributed by atoms with Crippen LogP contribution in [0.5, 0.6) is 0 Å². The molecule has 0 aliphatic carbocycles. The first-order valence-electron chi connectivity index (χ1n) is 10.7. The van der Waals surface area contributed by atoms with Crippen LogP contribution in [0.15, 0.2) is 112 Å². The van der Waals surface area contributed by atoms with Gasteiger partial charge in [0.2, 0.25) is 19.9 Å². The second-order valence-electron chi connectivity index (χ2n) is 7.76. The average Bonchev–Trinajstić information content (AvgIpc) is 2.85. The molecule has 0 radical (unpaired) electrons. The van der Waals surface area contributed by atoms with Gasteiger partial charge in [-0.3, -0.25) is 4.98 Å². The van der Waals surface area contributed by atoms with E-state index in [1.54, 1.807) is 37.4 Å². The van der Waals surface area contributed by atoms with Gasteiger partial charge in [-0.2, -0.15) is 0 Å². The van der Waals surface area contributed by atoms with Crippen molar-refractivity contribution in [1.29, 1.82) is 0 Å². The van der Waals surface area contributed by atoms with E-state index in [2.05, 4.69) is 9.71 Å². The summed E-state index contributed by atoms with van der Waals surface area (Å²) in [5.74, 6) is 0. The number of nitrogens with one attached hydrogen (secondary N) is 1. The lowest BCUT2D eigenvalue weighted by molar-refractivity contribution is 0.580. The number of sulfonamides is 1. The van der Waals surface area contributed by atoms with Gasteiger partial charge in [0.15, 0.2) is 0 Å². The summed E-state index contributed by atoms with van der Waals surface area (Å²) in [6.45, 7) is 1.79. The van der Waals surface area contributed by atoms with Crippen LogP contribution in [0.2, 0.25) is 0 Å². The molecule has 1 aromatic heterocycles. The maximum atomic E-state index is 13.6. The highest BCUT2D eigenvalue weighted by Gasteiger charge is 2.25. The molecule has 0 spiro atoms. The minimum Gasteiger partial charge on any atom is -0.261 e. The first-order valence-corrected chi connectivity index (χ1v) is 13.7. The van der Waals surface area contributed by atoms with E-state index in [1.165, 1.54) is 24.3 Å². The third-order valence-electron chi connectivity index (χ3n) is 5.42. The van der Waals surface area contributed by atoms with Gasteiger partial charge in [0.1, 0.15) is 0 Å². The first-order chi connectivity index (χ1) is 16.3. The second kappa shape index (κ2) is 9.89. The Kier molecular flexibility index (Phi) is 6.92. The van der Waals surface area contributed by atoms with Crippen LogP contribution in [0.1, 0.15) is 11.3 Å². The average molecular weight is 493 g/mol. The summed E-state index contributed by atoms with van der Waals surface area (Å²) in [6.07, 6.45) is 2.07. The molecule has 6 nitrogen and oxygen atoms in total. The van der Waals surface area contributed by atoms with Crippen molar-refractivity contribution in [3.8, 4) is 11.1 Å². The summed E-state index contributed by atoms with van der Waals surface area (Å²) < 4.78 is 55.8. The lowest BCUT2D eigenvalue weighted by Gasteiger charge is -2.14. The molecule has 4 rings (SSSR count). The van der Waals surface area contributed by atoms with Crippen molar-refractivity contribution in [3.63, 3.8) is 0 Å². The zero-order valence-electron chi connectivity index (χ0n) is 18.5. The van der Waals surface area contributed by atoms with E-state index >= 15 is 0 Å². The highest BCUT2D eigenvalue weighted by atomic mass is 32.2. The molecule has 0 fully saturated rings. The van der Waals surface area contributed by atoms with Crippen LogP contribution >= 0.6 is 0 Å². The van der Waals surface area contributed by atoms with Crippen molar-refractivity contribution in [2.24, 2.45) is 0 Å². The maximum Gasteiger partial charge on any atom is 0.240 e. The van der Waals surface area contributed by atoms with Crippen LogP contribution in [-0.2, 0) is 26.3 Å². The van der Waals surface area contributed by atoms with Crippen LogP contribution in [0, 0.1) is 6.92 Å². The molecule has 3 aromatic carbocycles. The highest BCUT2D eigenvalue weighted by Crippen LogP contribution is 2.32. The van der Waals surface area contributed by atoms with Gasteiger partial charge in [-0.05, 0) is 48.4 Å². The van der Waals surface area contributed by atoms with Crippen molar-refractivity contribution in [2.45, 2.75) is 28.0 Å². The van der Waals surface area contributed by atoms with Crippen LogP contribution in [0.25, 0.3) is 11.1 Å². The van der Waals surface area contributed by atoms with Crippen LogP contribution in [-0.4, -0.2) is 28.4 Å². The predicted molar refractivity (Wildman–Crippen MR) is 132 cm³/mol. The Labute approximate surface area is 200 Å². The number of pyridine rings is 1. The van der Waals surface area contributed by atoms with Gasteiger partial charge in [0.05, 0.1) is 14.7 Å². The fraction of sp³-hybridized carbons (Fsp3) is 0.115. The SMILES string of the molecule is Cc1ccc(S(=O)(=O)c2ccccc2-c2ccccc2)cc1S(=O)(=O)NCCc1ccccn1. The Bertz CT molecular complexity index is 1500. The van der Waals surface area contributed by atoms with Crippen molar-refractivity contribution < 1.29 is 16.8 Å². The molecule has 4 aromatic rings. The van der Waals surface area contributed by atoms with Gasteiger partial charge in [0.25, 0.3) is 0 Å². The topological polar surface area (TPSA) is 93.2 Å². The Hall–Kier alpha value is -3.33. The molecule has 0 amide bonds. The summed E-state index contributed by atoms with van der Waals surface area (Å²) in [7, 11) is -7.91. The van der Waals surface area contributed by atoms with Crippen molar-refractivity contribution >= 4 is 19.9 Å². The number of benzene rings is 3. The summed E-state index contributed by atoms with van der Waals surface area (Å²) in [5, 5.41) is 0. The largest absolute Gasteiger partial charge is 0.261 e. The third kappa shape index (κ3) is 5.09. The molecular formula is C26H24N2O4S2. The quantitative estimate of drug-likeness (QED) is 0.393. The number of nitrogens with zero attached hydrogens (tertiary/aromatic N) is 1. The highest BCUT2D eigenvalue weighted by molar-refractivity contribution is 7.92. The Morgan fingerprint density at radius 1 is 0.765 bits per heavy atom. The van der Waals surface area contributed by atoms with E-state index in [1.807, 2.05) is 42.5 Å². The van der Waals surface area contributed by atoms with Crippen LogP contribution in [0.4, 0.5) is 0 Å². The normalized spacial score (nSPS) is 11.9. The van der Waals surface area contributed by atoms with Gasteiger partial charge in [0, 0.05) is 30.4 Å². The molecule has 1 heterocycles. The molecule has 0 aliphatic heterocycles. The summed E-state index contributed by atoms with van der Waals surface area (Å²) >= 11 is 0. The predicted octanol–water partition coefficient (Wildman–Crippen LogP) is 4.41. The number of hydrogen-bond acceptors (Lipinski definition) is 5. The minimum atomic E-state index is -3.98. The van der Waals surface area contributed by atoms with Crippen LogP contribution < -0.4 is 4.72 Å². The summed E-state index contributed by atoms with van der Waals surface area (Å²) in [6, 6.07) is 25.6. The zero-order valence-corrected chi connectivity index (χ0v) is 20.2. The smallest absolute Gasteiger partial charge is 0.240 e. The van der Waals surface area contributed by atoms with Crippen LogP contribution in [0.3, 0.4) is 0 Å². The molecule has 1 N–H and O–H groups in total. The lowest BCUT2D eigenvalue weighted by Crippen LogP contribution is -2.27. The van der Waals surface area contributed by atoms with Gasteiger partial charge in [-0.1, -0.05) is 60.7 Å². The fourth-order valence-electron chi connectivity index (χ4n) is 3.66. The molecule has 0 atom stereocenters. The standard InChI is InChI=1S/C26H24N2O4S2/c1-20-14-15-23(19-26(20)34(31,32)28-18-16-22-11-7-8-17-27-22)33(29,30)25-13-6-5-12-24(25)21-9-3-2-4-10-21/h2-15,17,19,28H,16,18H2,1H3. The summed E-state index contributed by atoms with van der Waals surface area (Å²) in [4.78, 5) is 4.17. The Morgan fingerprint density at radius 3 is 2.21 bits per heavy atom. The van der Waals surface area contributed by atoms with Crippen molar-refractivity contribution in [3.05, 3.63) is 108 Å². The molecule has 8 heteroatoms. The molecule has 0 bridgehead atoms. The minimum absolute atomic E-state index is 0.0632. The Balaban J connectivity index is 1.67. The van der Waals surface area contributed by atoms with E-state index < -0.39 is 19.9 Å². The number of aryl methyl sites for hydroxylation is 1. The van der Waals surface area contributed by atoms with Gasteiger partial charge in [-0.15, -0.1) is 0 Å². The zero-order chi connectivity index (χ0) is 24.2. The van der Waals surface area contributed by atoms with Crippen molar-refractivity contribution in [2.75, 3.05) is 6.54 Å². The molecule has 174 valence electrons. The molecule has 34 heavy (non-hydrogen) atoms. The van der Waals surface area contributed by atoms with Gasteiger partial charge < -0.3 is 0 Å². The van der Waals surface area contributed by atoms with E-state index in [4.69, 9.17) is 0 Å². The first kappa shape index (κ1) is 23.8. The molecule has 0 saturated carbocycles. The lowest BCUT2D eigenvalue weighted by atomic mass is 10.1. The van der Waals surface area contributed by atoms with Gasteiger partial charge >= 0.3 is 0 Å². The number of rotatable bonds is 8. The number of hydrogen-bond donors (Lipinski definition) is 1. The number of sulfone groups is 1. The monoisotopic (exact) mass is 492 g/mol. The maximum absolute atomic E-state index is 13.6. The van der Waals surface area contributed by atoms with Gasteiger partial charge in [-0.25, -0.2) is 21.6 Å².